The summed E-state index contributed by atoms with van der Waals surface area (Å²) in [5.74, 6) is -0.627. The summed E-state index contributed by atoms with van der Waals surface area (Å²) in [6, 6.07) is 5.57. The first kappa shape index (κ1) is 28.4. The Morgan fingerprint density at radius 2 is 2.05 bits per heavy atom. The van der Waals surface area contributed by atoms with Crippen LogP contribution in [0.25, 0.3) is 16.9 Å². The number of fused-ring (bicyclic) bond motifs is 1. The van der Waals surface area contributed by atoms with E-state index < -0.39 is 20.6 Å². The summed E-state index contributed by atoms with van der Waals surface area (Å²) < 4.78 is 40.6. The second-order valence-electron chi connectivity index (χ2n) is 9.97. The highest BCUT2D eigenvalue weighted by Gasteiger charge is 2.24. The van der Waals surface area contributed by atoms with Crippen molar-refractivity contribution in [3.8, 4) is 17.0 Å². The van der Waals surface area contributed by atoms with Crippen molar-refractivity contribution in [1.29, 1.82) is 0 Å². The van der Waals surface area contributed by atoms with Crippen LogP contribution < -0.4 is 10.1 Å². The fourth-order valence-electron chi connectivity index (χ4n) is 3.85. The number of nitrogens with zero attached hydrogens (tertiary/aromatic N) is 5. The maximum Gasteiger partial charge on any atom is 0.387 e. The average molecular weight is 575 g/mol. The molecule has 1 N–H and O–H groups in total. The number of anilines is 1. The van der Waals surface area contributed by atoms with Crippen LogP contribution in [-0.2, 0) is 17.9 Å². The van der Waals surface area contributed by atoms with Gasteiger partial charge in [0.25, 0.3) is 5.91 Å². The Hall–Kier alpha value is -3.61. The van der Waals surface area contributed by atoms with Crippen LogP contribution in [0.4, 0.5) is 14.5 Å². The molecule has 0 saturated heterocycles. The van der Waals surface area contributed by atoms with E-state index >= 15 is 0 Å². The lowest BCUT2D eigenvalue weighted by molar-refractivity contribution is -0.0495. The van der Waals surface area contributed by atoms with Gasteiger partial charge >= 0.3 is 6.61 Å². The normalized spacial score (nSPS) is 11.8. The number of halogens is 3. The first-order valence-corrected chi connectivity index (χ1v) is 16.3. The topological polar surface area (TPSA) is 95.6 Å². The lowest BCUT2D eigenvalue weighted by Gasteiger charge is -2.18. The van der Waals surface area contributed by atoms with Crippen LogP contribution in [0.1, 0.15) is 15.9 Å². The third-order valence-corrected chi connectivity index (χ3v) is 7.86. The maximum absolute atomic E-state index is 13.5. The summed E-state index contributed by atoms with van der Waals surface area (Å²) in [7, 11) is -1.35. The fourth-order valence-corrected chi connectivity index (χ4v) is 4.85. The van der Waals surface area contributed by atoms with Crippen molar-refractivity contribution >= 4 is 36.9 Å². The predicted molar refractivity (Wildman–Crippen MR) is 148 cm³/mol. The third kappa shape index (κ3) is 6.88. The van der Waals surface area contributed by atoms with Crippen LogP contribution in [0.2, 0.25) is 30.7 Å². The quantitative estimate of drug-likeness (QED) is 0.124. The summed E-state index contributed by atoms with van der Waals surface area (Å²) in [6.07, 6.45) is 8.00. The monoisotopic (exact) mass is 574 g/mol. The molecule has 0 atom stereocenters. The van der Waals surface area contributed by atoms with E-state index in [0.29, 0.717) is 35.0 Å². The summed E-state index contributed by atoms with van der Waals surface area (Å²) in [6.45, 7) is 7.83. The number of hydrogen-bond acceptors (Lipinski definition) is 6. The minimum Gasteiger partial charge on any atom is -0.434 e. The zero-order valence-electron chi connectivity index (χ0n) is 21.8. The number of alkyl halides is 2. The van der Waals surface area contributed by atoms with Gasteiger partial charge in [0.2, 0.25) is 0 Å². The molecule has 1 amide bonds. The van der Waals surface area contributed by atoms with E-state index in [1.54, 1.807) is 24.5 Å². The number of ether oxygens (including phenoxy) is 2. The average Bonchev–Trinajstić information content (AvgIpc) is 3.47. The molecule has 0 saturated carbocycles. The van der Waals surface area contributed by atoms with Crippen molar-refractivity contribution in [3.05, 3.63) is 71.8 Å². The first-order chi connectivity index (χ1) is 18.6. The highest BCUT2D eigenvalue weighted by Crippen LogP contribution is 2.40. The van der Waals surface area contributed by atoms with Crippen molar-refractivity contribution in [1.82, 2.24) is 24.4 Å². The zero-order chi connectivity index (χ0) is 28.2. The van der Waals surface area contributed by atoms with Gasteiger partial charge in [0.15, 0.2) is 5.65 Å². The number of nitrogens with one attached hydrogen (secondary N) is 1. The van der Waals surface area contributed by atoms with Crippen LogP contribution in [0.15, 0.2) is 55.6 Å². The van der Waals surface area contributed by atoms with Gasteiger partial charge in [-0.1, -0.05) is 37.3 Å². The molecule has 0 bridgehead atoms. The molecular weight excluding hydrogens is 546 g/mol. The number of hydrogen-bond donors (Lipinski definition) is 1. The number of rotatable bonds is 12. The van der Waals surface area contributed by atoms with Crippen LogP contribution >= 0.6 is 11.6 Å². The second kappa shape index (κ2) is 12.1. The molecule has 3 aromatic heterocycles. The van der Waals surface area contributed by atoms with Gasteiger partial charge < -0.3 is 14.8 Å². The molecule has 0 aliphatic rings. The van der Waals surface area contributed by atoms with Crippen molar-refractivity contribution in [3.63, 3.8) is 0 Å². The van der Waals surface area contributed by atoms with Crippen molar-refractivity contribution < 1.29 is 23.0 Å². The molecule has 3 heterocycles. The smallest absolute Gasteiger partial charge is 0.387 e. The number of amides is 1. The third-order valence-electron chi connectivity index (χ3n) is 5.81. The van der Waals surface area contributed by atoms with Gasteiger partial charge in [-0.2, -0.15) is 19.0 Å². The van der Waals surface area contributed by atoms with Gasteiger partial charge in [-0.05, 0) is 36.2 Å². The largest absolute Gasteiger partial charge is 0.434 e. The van der Waals surface area contributed by atoms with Gasteiger partial charge in [-0.25, -0.2) is 14.2 Å². The van der Waals surface area contributed by atoms with Gasteiger partial charge in [-0.3, -0.25) is 4.79 Å². The SMILES string of the molecule is C=CCc1cc(OC(F)F)c(-c2c(NC(=O)c3cnn4cccnc34)cnn2COCC[Si](C)(C)C)cc1Cl. The number of benzene rings is 1. The number of carbonyl (C=O) groups is 1. The van der Waals surface area contributed by atoms with E-state index in [0.717, 1.165) is 6.04 Å². The Kier molecular flexibility index (Phi) is 8.78. The van der Waals surface area contributed by atoms with Gasteiger partial charge in [-0.15, -0.1) is 6.58 Å². The first-order valence-electron chi connectivity index (χ1n) is 12.2. The molecule has 39 heavy (non-hydrogen) atoms. The summed E-state index contributed by atoms with van der Waals surface area (Å²) in [5, 5.41) is 11.7. The summed E-state index contributed by atoms with van der Waals surface area (Å²) in [4.78, 5) is 17.5. The van der Waals surface area contributed by atoms with E-state index in [4.69, 9.17) is 21.1 Å². The van der Waals surface area contributed by atoms with Crippen LogP contribution in [0.3, 0.4) is 0 Å². The zero-order valence-corrected chi connectivity index (χ0v) is 23.6. The fraction of sp³-hybridized carbons (Fsp3) is 0.308. The molecule has 13 heteroatoms. The van der Waals surface area contributed by atoms with Crippen molar-refractivity contribution in [2.45, 2.75) is 45.4 Å². The number of aromatic nitrogens is 5. The van der Waals surface area contributed by atoms with E-state index in [9.17, 15) is 13.6 Å². The van der Waals surface area contributed by atoms with E-state index in [2.05, 4.69) is 46.7 Å². The van der Waals surface area contributed by atoms with E-state index in [1.807, 2.05) is 0 Å². The highest BCUT2D eigenvalue weighted by molar-refractivity contribution is 6.76. The Bertz CT molecular complexity index is 1480. The van der Waals surface area contributed by atoms with Crippen molar-refractivity contribution in [2.75, 3.05) is 11.9 Å². The van der Waals surface area contributed by atoms with Gasteiger partial charge in [0, 0.05) is 37.7 Å². The highest BCUT2D eigenvalue weighted by atomic mass is 35.5. The Balaban J connectivity index is 1.75. The van der Waals surface area contributed by atoms with E-state index in [-0.39, 0.29) is 29.3 Å². The molecule has 0 radical (unpaired) electrons. The molecular formula is C26H29ClF2N6O3Si. The second-order valence-corrected chi connectivity index (χ2v) is 16.0. The molecule has 1 aromatic carbocycles. The molecule has 4 rings (SSSR count). The van der Waals surface area contributed by atoms with Crippen LogP contribution in [0, 0.1) is 0 Å². The molecule has 0 fully saturated rings. The molecule has 0 spiro atoms. The maximum atomic E-state index is 13.5. The molecule has 9 nitrogen and oxygen atoms in total. The minimum absolute atomic E-state index is 0.0219. The number of allylic oxidation sites excluding steroid dienone is 1. The van der Waals surface area contributed by atoms with E-state index in [1.165, 1.54) is 33.7 Å². The predicted octanol–water partition coefficient (Wildman–Crippen LogP) is 6.14. The summed E-state index contributed by atoms with van der Waals surface area (Å²) in [5.41, 5.74) is 1.90. The van der Waals surface area contributed by atoms with Crippen LogP contribution in [-0.4, -0.2) is 51.6 Å². The van der Waals surface area contributed by atoms with Crippen molar-refractivity contribution in [2.24, 2.45) is 0 Å². The minimum atomic E-state index is -3.09. The molecule has 0 aliphatic carbocycles. The molecule has 0 aliphatic heterocycles. The lowest BCUT2D eigenvalue weighted by Crippen LogP contribution is -2.22. The molecule has 0 unspecified atom stereocenters. The number of carbonyl (C=O) groups excluding carboxylic acids is 1. The Labute approximate surface area is 230 Å². The Morgan fingerprint density at radius 1 is 1.26 bits per heavy atom. The van der Waals surface area contributed by atoms with Gasteiger partial charge in [0.1, 0.15) is 18.0 Å². The lowest BCUT2D eigenvalue weighted by atomic mass is 10.0. The molecule has 206 valence electrons. The van der Waals surface area contributed by atoms with Gasteiger partial charge in [0.05, 0.1) is 23.8 Å². The molecule has 4 aromatic rings. The Morgan fingerprint density at radius 3 is 2.77 bits per heavy atom. The standard InChI is InChI=1S/C26H29ClF2N6O3Si/c1-5-7-17-12-22(38-26(28)29)18(13-20(17)27)23-21(15-32-35(23)16-37-10-11-39(2,3)4)33-25(36)19-14-31-34-9-6-8-30-24(19)34/h5-6,8-9,12-15,26H,1,7,10-11,16H2,2-4H3,(H,33,36). The van der Waals surface area contributed by atoms with Crippen LogP contribution in [0.5, 0.6) is 5.75 Å². The summed E-state index contributed by atoms with van der Waals surface area (Å²) >= 11 is 6.51.